The largest absolute Gasteiger partial charge is 0.365 e. The van der Waals surface area contributed by atoms with Gasteiger partial charge in [0.25, 0.3) is 0 Å². The van der Waals surface area contributed by atoms with E-state index in [0.717, 1.165) is 11.3 Å². The zero-order valence-corrected chi connectivity index (χ0v) is 5.99. The van der Waals surface area contributed by atoms with Gasteiger partial charge in [-0.15, -0.1) is 0 Å². The van der Waals surface area contributed by atoms with E-state index >= 15 is 0 Å². The Morgan fingerprint density at radius 3 is 3.36 bits per heavy atom. The maximum atomic E-state index is 5.62. The van der Waals surface area contributed by atoms with Crippen molar-refractivity contribution < 1.29 is 0 Å². The fraction of sp³-hybridized carbons (Fsp3) is 0.125. The topological polar surface area (TPSA) is 50.9 Å². The number of nitrogens with one attached hydrogen (secondary N) is 1. The predicted octanol–water partition coefficient (Wildman–Crippen LogP) is 0.805. The number of aromatic nitrogens is 1. The minimum atomic E-state index is -0.0771. The molecule has 3 N–H and O–H groups in total. The Morgan fingerprint density at radius 1 is 1.55 bits per heavy atom. The molecule has 0 aliphatic carbocycles. The van der Waals surface area contributed by atoms with Crippen molar-refractivity contribution in [3.05, 3.63) is 30.1 Å². The van der Waals surface area contributed by atoms with E-state index in [1.54, 1.807) is 12.4 Å². The zero-order valence-electron chi connectivity index (χ0n) is 5.99. The van der Waals surface area contributed by atoms with E-state index in [-0.39, 0.29) is 6.17 Å². The van der Waals surface area contributed by atoms with Crippen LogP contribution in [0, 0.1) is 0 Å². The van der Waals surface area contributed by atoms with Crippen molar-refractivity contribution in [2.24, 2.45) is 5.73 Å². The van der Waals surface area contributed by atoms with Crippen LogP contribution in [0.1, 0.15) is 5.56 Å². The van der Waals surface area contributed by atoms with Gasteiger partial charge in [0.15, 0.2) is 0 Å². The molecule has 3 nitrogen and oxygen atoms in total. The third-order valence-corrected chi connectivity index (χ3v) is 1.66. The fourth-order valence-electron chi connectivity index (χ4n) is 1.11. The van der Waals surface area contributed by atoms with Crippen molar-refractivity contribution >= 4 is 11.8 Å². The average Bonchev–Trinajstić information content (AvgIpc) is 2.04. The summed E-state index contributed by atoms with van der Waals surface area (Å²) in [4.78, 5) is 3.98. The molecule has 0 fully saturated rings. The van der Waals surface area contributed by atoms with E-state index in [9.17, 15) is 0 Å². The lowest BCUT2D eigenvalue weighted by molar-refractivity contribution is 0.935. The summed E-state index contributed by atoms with van der Waals surface area (Å²) in [5.41, 5.74) is 7.77. The van der Waals surface area contributed by atoms with Gasteiger partial charge in [0.1, 0.15) is 0 Å². The number of pyridine rings is 1. The summed E-state index contributed by atoms with van der Waals surface area (Å²) < 4.78 is 0. The van der Waals surface area contributed by atoms with Crippen molar-refractivity contribution in [2.75, 3.05) is 5.32 Å². The molecule has 2 rings (SSSR count). The molecular weight excluding hydrogens is 138 g/mol. The van der Waals surface area contributed by atoms with E-state index in [1.807, 2.05) is 18.2 Å². The molecule has 56 valence electrons. The smallest absolute Gasteiger partial charge is 0.0939 e. The van der Waals surface area contributed by atoms with Gasteiger partial charge in [-0.05, 0) is 12.1 Å². The molecule has 1 aromatic heterocycles. The van der Waals surface area contributed by atoms with Gasteiger partial charge >= 0.3 is 0 Å². The van der Waals surface area contributed by atoms with Crippen LogP contribution in [-0.4, -0.2) is 11.1 Å². The Balaban J connectivity index is 2.46. The molecule has 0 spiro atoms. The van der Waals surface area contributed by atoms with Crippen molar-refractivity contribution in [3.8, 4) is 0 Å². The van der Waals surface area contributed by atoms with Crippen LogP contribution in [0.5, 0.6) is 0 Å². The molecule has 1 unspecified atom stereocenters. The summed E-state index contributed by atoms with van der Waals surface area (Å²) in [6, 6.07) is 1.95. The number of nitrogens with two attached hydrogens (primary N) is 1. The van der Waals surface area contributed by atoms with Crippen LogP contribution in [-0.2, 0) is 0 Å². The second kappa shape index (κ2) is 2.36. The summed E-state index contributed by atoms with van der Waals surface area (Å²) in [5, 5.41) is 3.09. The minimum absolute atomic E-state index is 0.0771. The quantitative estimate of drug-likeness (QED) is 0.570. The third-order valence-electron chi connectivity index (χ3n) is 1.66. The molecular formula is C8H9N3. The Kier molecular flexibility index (Phi) is 1.36. The second-order valence-corrected chi connectivity index (χ2v) is 2.49. The first-order chi connectivity index (χ1) is 5.36. The lowest BCUT2D eigenvalue weighted by Crippen LogP contribution is -2.29. The summed E-state index contributed by atoms with van der Waals surface area (Å²) in [6.45, 7) is 0. The molecule has 1 aromatic rings. The van der Waals surface area contributed by atoms with E-state index in [1.165, 1.54) is 0 Å². The van der Waals surface area contributed by atoms with Gasteiger partial charge in [-0.2, -0.15) is 0 Å². The highest BCUT2D eigenvalue weighted by Gasteiger charge is 2.06. The first kappa shape index (κ1) is 6.37. The van der Waals surface area contributed by atoms with Crippen LogP contribution < -0.4 is 11.1 Å². The lowest BCUT2D eigenvalue weighted by Gasteiger charge is -2.17. The van der Waals surface area contributed by atoms with Crippen molar-refractivity contribution in [1.82, 2.24) is 4.98 Å². The Labute approximate surface area is 64.9 Å². The zero-order chi connectivity index (χ0) is 7.68. The van der Waals surface area contributed by atoms with Crippen molar-refractivity contribution in [3.63, 3.8) is 0 Å². The predicted molar refractivity (Wildman–Crippen MR) is 44.9 cm³/mol. The monoisotopic (exact) mass is 147 g/mol. The van der Waals surface area contributed by atoms with Crippen molar-refractivity contribution in [1.29, 1.82) is 0 Å². The molecule has 0 radical (unpaired) electrons. The molecule has 2 heterocycles. The third kappa shape index (κ3) is 1.10. The van der Waals surface area contributed by atoms with Gasteiger partial charge in [-0.3, -0.25) is 4.98 Å². The second-order valence-electron chi connectivity index (χ2n) is 2.49. The molecule has 3 heteroatoms. The highest BCUT2D eigenvalue weighted by molar-refractivity contribution is 5.69. The Hall–Kier alpha value is -1.35. The van der Waals surface area contributed by atoms with E-state index in [0.29, 0.717) is 0 Å². The van der Waals surface area contributed by atoms with E-state index in [4.69, 9.17) is 5.73 Å². The lowest BCUT2D eigenvalue weighted by atomic mass is 10.1. The van der Waals surface area contributed by atoms with Crippen molar-refractivity contribution in [2.45, 2.75) is 6.17 Å². The number of anilines is 1. The van der Waals surface area contributed by atoms with Gasteiger partial charge < -0.3 is 11.1 Å². The highest BCUT2D eigenvalue weighted by atomic mass is 15.0. The normalized spacial score (nSPS) is 20.6. The summed E-state index contributed by atoms with van der Waals surface area (Å²) in [7, 11) is 0. The number of nitrogens with zero attached hydrogens (tertiary/aromatic N) is 1. The van der Waals surface area contributed by atoms with Gasteiger partial charge in [0.05, 0.1) is 18.1 Å². The van der Waals surface area contributed by atoms with Crippen LogP contribution in [0.25, 0.3) is 6.08 Å². The number of fused-ring (bicyclic) bond motifs is 1. The van der Waals surface area contributed by atoms with Crippen LogP contribution in [0.15, 0.2) is 24.5 Å². The van der Waals surface area contributed by atoms with Crippen LogP contribution in [0.4, 0.5) is 5.69 Å². The Bertz CT molecular complexity index is 293. The van der Waals surface area contributed by atoms with Gasteiger partial charge in [0.2, 0.25) is 0 Å². The van der Waals surface area contributed by atoms with Gasteiger partial charge in [-0.1, -0.05) is 6.08 Å². The number of hydrogen-bond donors (Lipinski definition) is 2. The maximum absolute atomic E-state index is 5.62. The van der Waals surface area contributed by atoms with Gasteiger partial charge in [-0.25, -0.2) is 0 Å². The summed E-state index contributed by atoms with van der Waals surface area (Å²) in [6.07, 6.45) is 7.38. The first-order valence-electron chi connectivity index (χ1n) is 3.50. The molecule has 0 aromatic carbocycles. The fourth-order valence-corrected chi connectivity index (χ4v) is 1.11. The average molecular weight is 147 g/mol. The van der Waals surface area contributed by atoms with Crippen LogP contribution in [0.2, 0.25) is 0 Å². The molecule has 0 saturated carbocycles. The SMILES string of the molecule is NC1C=Cc2ccncc2N1. The molecule has 0 saturated heterocycles. The Morgan fingerprint density at radius 2 is 2.45 bits per heavy atom. The minimum Gasteiger partial charge on any atom is -0.365 e. The molecule has 1 aliphatic rings. The first-order valence-corrected chi connectivity index (χ1v) is 3.50. The van der Waals surface area contributed by atoms with E-state index in [2.05, 4.69) is 10.3 Å². The molecule has 0 amide bonds. The number of rotatable bonds is 0. The standard InChI is InChI=1S/C8H9N3/c9-8-2-1-6-3-4-10-5-7(6)11-8/h1-5,8,11H,9H2. The van der Waals surface area contributed by atoms with Crippen LogP contribution in [0.3, 0.4) is 0 Å². The summed E-state index contributed by atoms with van der Waals surface area (Å²) in [5.74, 6) is 0. The van der Waals surface area contributed by atoms with Gasteiger partial charge in [0, 0.05) is 11.8 Å². The van der Waals surface area contributed by atoms with Crippen LogP contribution >= 0.6 is 0 Å². The highest BCUT2D eigenvalue weighted by Crippen LogP contribution is 2.19. The molecule has 11 heavy (non-hydrogen) atoms. The molecule has 0 bridgehead atoms. The van der Waals surface area contributed by atoms with E-state index < -0.39 is 0 Å². The molecule has 1 atom stereocenters. The summed E-state index contributed by atoms with van der Waals surface area (Å²) >= 11 is 0. The maximum Gasteiger partial charge on any atom is 0.0939 e. The molecule has 1 aliphatic heterocycles. The number of hydrogen-bond acceptors (Lipinski definition) is 3.